The van der Waals surface area contributed by atoms with E-state index >= 15 is 0 Å². The lowest BCUT2D eigenvalue weighted by Crippen LogP contribution is -2.21. The van der Waals surface area contributed by atoms with Gasteiger partial charge in [0.05, 0.1) is 0 Å². The summed E-state index contributed by atoms with van der Waals surface area (Å²) >= 11 is 0. The number of carbonyl (C=O) groups excluding carboxylic acids is 1. The van der Waals surface area contributed by atoms with Crippen LogP contribution in [0.25, 0.3) is 0 Å². The summed E-state index contributed by atoms with van der Waals surface area (Å²) in [4.78, 5) is 11.5. The summed E-state index contributed by atoms with van der Waals surface area (Å²) in [6.07, 6.45) is 8.56. The number of para-hydroxylation sites is 1. The third kappa shape index (κ3) is 5.33. The van der Waals surface area contributed by atoms with Crippen LogP contribution < -0.4 is 10.1 Å². The lowest BCUT2D eigenvalue weighted by molar-refractivity contribution is 0.198. The zero-order valence-electron chi connectivity index (χ0n) is 11.4. The SMILES string of the molecule is O=C([N]CCCC1CCCCC1)Oc1ccccc1. The summed E-state index contributed by atoms with van der Waals surface area (Å²) in [5, 5.41) is 3.94. The quantitative estimate of drug-likeness (QED) is 0.746. The monoisotopic (exact) mass is 260 g/mol. The summed E-state index contributed by atoms with van der Waals surface area (Å²) in [6, 6.07) is 9.08. The molecule has 2 rings (SSSR count). The van der Waals surface area contributed by atoms with Crippen LogP contribution in [-0.4, -0.2) is 12.6 Å². The first-order valence-electron chi connectivity index (χ1n) is 7.29. The van der Waals surface area contributed by atoms with Crippen LogP contribution in [0.5, 0.6) is 5.75 Å². The molecule has 0 atom stereocenters. The number of ether oxygens (including phenoxy) is 1. The summed E-state index contributed by atoms with van der Waals surface area (Å²) in [7, 11) is 0. The fraction of sp³-hybridized carbons (Fsp3) is 0.562. The van der Waals surface area contributed by atoms with Gasteiger partial charge in [-0.2, -0.15) is 0 Å². The molecule has 1 fully saturated rings. The van der Waals surface area contributed by atoms with Crippen LogP contribution in [0, 0.1) is 5.92 Å². The van der Waals surface area contributed by atoms with Gasteiger partial charge in [0.25, 0.3) is 0 Å². The topological polar surface area (TPSA) is 40.4 Å². The highest BCUT2D eigenvalue weighted by atomic mass is 16.5. The van der Waals surface area contributed by atoms with Gasteiger partial charge < -0.3 is 4.74 Å². The van der Waals surface area contributed by atoms with E-state index in [1.54, 1.807) is 12.1 Å². The highest BCUT2D eigenvalue weighted by Crippen LogP contribution is 2.26. The van der Waals surface area contributed by atoms with Gasteiger partial charge in [0, 0.05) is 6.54 Å². The normalized spacial score (nSPS) is 16.0. The van der Waals surface area contributed by atoms with Gasteiger partial charge in [-0.15, -0.1) is 0 Å². The molecule has 1 aromatic carbocycles. The lowest BCUT2D eigenvalue weighted by Gasteiger charge is -2.20. The minimum Gasteiger partial charge on any atom is -0.409 e. The van der Waals surface area contributed by atoms with Crippen molar-refractivity contribution >= 4 is 6.09 Å². The molecule has 0 heterocycles. The molecule has 1 aliphatic rings. The van der Waals surface area contributed by atoms with Crippen molar-refractivity contribution in [2.75, 3.05) is 6.54 Å². The molecular weight excluding hydrogens is 238 g/mol. The van der Waals surface area contributed by atoms with Gasteiger partial charge in [0.2, 0.25) is 0 Å². The van der Waals surface area contributed by atoms with E-state index in [1.807, 2.05) is 18.2 Å². The average molecular weight is 260 g/mol. The summed E-state index contributed by atoms with van der Waals surface area (Å²) < 4.78 is 5.10. The number of carbonyl (C=O) groups is 1. The van der Waals surface area contributed by atoms with Gasteiger partial charge >= 0.3 is 6.09 Å². The van der Waals surface area contributed by atoms with Crippen molar-refractivity contribution in [3.05, 3.63) is 30.3 Å². The molecule has 0 saturated heterocycles. The van der Waals surface area contributed by atoms with Gasteiger partial charge in [0.1, 0.15) is 5.75 Å². The Kier molecular flexibility index (Phi) is 5.73. The number of amides is 1. The maximum absolute atomic E-state index is 11.5. The Bertz CT molecular complexity index is 372. The van der Waals surface area contributed by atoms with Gasteiger partial charge in [-0.3, -0.25) is 0 Å². The molecule has 1 saturated carbocycles. The Hall–Kier alpha value is -1.51. The zero-order valence-corrected chi connectivity index (χ0v) is 11.4. The molecule has 3 nitrogen and oxygen atoms in total. The fourth-order valence-electron chi connectivity index (χ4n) is 2.65. The molecule has 0 spiro atoms. The van der Waals surface area contributed by atoms with Gasteiger partial charge in [0.15, 0.2) is 0 Å². The first kappa shape index (κ1) is 13.9. The van der Waals surface area contributed by atoms with Gasteiger partial charge in [-0.25, -0.2) is 10.1 Å². The second kappa shape index (κ2) is 7.82. The largest absolute Gasteiger partial charge is 0.434 e. The van der Waals surface area contributed by atoms with Gasteiger partial charge in [-0.1, -0.05) is 50.3 Å². The third-order valence-electron chi connectivity index (χ3n) is 3.68. The molecule has 0 aliphatic heterocycles. The minimum atomic E-state index is -0.477. The average Bonchev–Trinajstić information content (AvgIpc) is 2.46. The van der Waals surface area contributed by atoms with Crippen molar-refractivity contribution in [1.82, 2.24) is 5.32 Å². The Balaban J connectivity index is 1.56. The number of nitrogens with zero attached hydrogens (tertiary/aromatic N) is 1. The van der Waals surface area contributed by atoms with E-state index < -0.39 is 6.09 Å². The Morgan fingerprint density at radius 3 is 2.63 bits per heavy atom. The van der Waals surface area contributed by atoms with Crippen molar-refractivity contribution in [1.29, 1.82) is 0 Å². The van der Waals surface area contributed by atoms with Crippen molar-refractivity contribution in [3.8, 4) is 5.75 Å². The van der Waals surface area contributed by atoms with Crippen LogP contribution in [0.3, 0.4) is 0 Å². The predicted octanol–water partition coefficient (Wildman–Crippen LogP) is 4.15. The standard InChI is InChI=1S/C16H22NO2/c18-16(19-15-11-5-2-6-12-15)17-13-7-10-14-8-3-1-4-9-14/h2,5-6,11-12,14H,1,3-4,7-10,13H2. The van der Waals surface area contributed by atoms with E-state index in [9.17, 15) is 4.79 Å². The van der Waals surface area contributed by atoms with Crippen LogP contribution in [-0.2, 0) is 0 Å². The predicted molar refractivity (Wildman–Crippen MR) is 75.3 cm³/mol. The third-order valence-corrected chi connectivity index (χ3v) is 3.68. The molecule has 0 N–H and O–H groups in total. The van der Waals surface area contributed by atoms with Crippen LogP contribution in [0.15, 0.2) is 30.3 Å². The molecule has 103 valence electrons. The first-order chi connectivity index (χ1) is 9.34. The van der Waals surface area contributed by atoms with Crippen LogP contribution in [0.1, 0.15) is 44.9 Å². The summed E-state index contributed by atoms with van der Waals surface area (Å²) in [5.74, 6) is 1.41. The molecule has 1 radical (unpaired) electrons. The highest BCUT2D eigenvalue weighted by Gasteiger charge is 2.13. The molecule has 0 aromatic heterocycles. The maximum atomic E-state index is 11.5. The number of benzene rings is 1. The molecule has 0 bridgehead atoms. The number of rotatable bonds is 5. The maximum Gasteiger partial charge on any atom is 0.434 e. The molecule has 1 aromatic rings. The van der Waals surface area contributed by atoms with Crippen LogP contribution >= 0.6 is 0 Å². The number of hydrogen-bond donors (Lipinski definition) is 0. The molecular formula is C16H22NO2. The summed E-state index contributed by atoms with van der Waals surface area (Å²) in [5.41, 5.74) is 0. The van der Waals surface area contributed by atoms with Crippen molar-refractivity contribution in [2.45, 2.75) is 44.9 Å². The van der Waals surface area contributed by atoms with Crippen LogP contribution in [0.2, 0.25) is 0 Å². The molecule has 1 aliphatic carbocycles. The van der Waals surface area contributed by atoms with E-state index in [4.69, 9.17) is 4.74 Å². The second-order valence-corrected chi connectivity index (χ2v) is 5.21. The molecule has 3 heteroatoms. The van der Waals surface area contributed by atoms with Crippen molar-refractivity contribution in [3.63, 3.8) is 0 Å². The van der Waals surface area contributed by atoms with E-state index in [0.29, 0.717) is 12.3 Å². The van der Waals surface area contributed by atoms with E-state index in [1.165, 1.54) is 38.5 Å². The van der Waals surface area contributed by atoms with Crippen molar-refractivity contribution in [2.24, 2.45) is 5.92 Å². The zero-order chi connectivity index (χ0) is 13.3. The van der Waals surface area contributed by atoms with E-state index in [2.05, 4.69) is 5.32 Å². The van der Waals surface area contributed by atoms with E-state index in [0.717, 1.165) is 12.3 Å². The molecule has 19 heavy (non-hydrogen) atoms. The Morgan fingerprint density at radius 1 is 1.16 bits per heavy atom. The lowest BCUT2D eigenvalue weighted by atomic mass is 9.86. The van der Waals surface area contributed by atoms with Crippen LogP contribution in [0.4, 0.5) is 4.79 Å². The Labute approximate surface area is 115 Å². The molecule has 1 amide bonds. The second-order valence-electron chi connectivity index (χ2n) is 5.21. The first-order valence-corrected chi connectivity index (χ1v) is 7.29. The van der Waals surface area contributed by atoms with E-state index in [-0.39, 0.29) is 0 Å². The smallest absolute Gasteiger partial charge is 0.409 e. The van der Waals surface area contributed by atoms with Crippen molar-refractivity contribution < 1.29 is 9.53 Å². The minimum absolute atomic E-state index is 0.477. The Morgan fingerprint density at radius 2 is 1.89 bits per heavy atom. The van der Waals surface area contributed by atoms with Gasteiger partial charge in [-0.05, 0) is 30.9 Å². The number of hydrogen-bond acceptors (Lipinski definition) is 2. The fourth-order valence-corrected chi connectivity index (χ4v) is 2.65. The highest BCUT2D eigenvalue weighted by molar-refractivity contribution is 5.69. The summed E-state index contributed by atoms with van der Waals surface area (Å²) in [6.45, 7) is 0.585. The molecule has 0 unspecified atom stereocenters.